The Morgan fingerprint density at radius 2 is 2.11 bits per heavy atom. The predicted octanol–water partition coefficient (Wildman–Crippen LogP) is 3.48. The molecule has 0 amide bonds. The Labute approximate surface area is 121 Å². The van der Waals surface area contributed by atoms with Crippen LogP contribution in [0.4, 0.5) is 11.4 Å². The van der Waals surface area contributed by atoms with E-state index < -0.39 is 4.92 Å². The fourth-order valence-electron chi connectivity index (χ4n) is 1.95. The molecular formula is C13H19BrN2O3. The highest BCUT2D eigenvalue weighted by atomic mass is 79.9. The van der Waals surface area contributed by atoms with Gasteiger partial charge in [-0.2, -0.15) is 0 Å². The third-order valence-corrected chi connectivity index (χ3v) is 3.47. The number of rotatable bonds is 6. The van der Waals surface area contributed by atoms with Crippen LogP contribution in [0.5, 0.6) is 0 Å². The van der Waals surface area contributed by atoms with Gasteiger partial charge in [-0.05, 0) is 41.3 Å². The van der Waals surface area contributed by atoms with Gasteiger partial charge in [0.2, 0.25) is 0 Å². The number of aryl methyl sites for hydroxylation is 1. The van der Waals surface area contributed by atoms with E-state index in [0.717, 1.165) is 12.1 Å². The number of nitro groups is 1. The van der Waals surface area contributed by atoms with Crippen LogP contribution in [0.15, 0.2) is 16.6 Å². The van der Waals surface area contributed by atoms with Crippen molar-refractivity contribution in [2.75, 3.05) is 11.9 Å². The Hall–Kier alpha value is -1.14. The van der Waals surface area contributed by atoms with Crippen LogP contribution in [0.3, 0.4) is 0 Å². The minimum atomic E-state index is -0.401. The SMILES string of the molecule is Cc1cc(NC(CO)CC(C)C)c(Br)cc1[N+](=O)[O-]. The predicted molar refractivity (Wildman–Crippen MR) is 79.5 cm³/mol. The Kier molecular flexibility index (Phi) is 5.75. The lowest BCUT2D eigenvalue weighted by atomic mass is 10.0. The number of hydrogen-bond donors (Lipinski definition) is 2. The molecule has 0 heterocycles. The maximum Gasteiger partial charge on any atom is 0.273 e. The van der Waals surface area contributed by atoms with Gasteiger partial charge in [-0.25, -0.2) is 0 Å². The highest BCUT2D eigenvalue weighted by Crippen LogP contribution is 2.31. The van der Waals surface area contributed by atoms with Crippen molar-refractivity contribution in [1.29, 1.82) is 0 Å². The summed E-state index contributed by atoms with van der Waals surface area (Å²) in [6.07, 6.45) is 0.832. The molecule has 0 saturated carbocycles. The molecular weight excluding hydrogens is 312 g/mol. The van der Waals surface area contributed by atoms with Gasteiger partial charge < -0.3 is 10.4 Å². The standard InChI is InChI=1S/C13H19BrN2O3/c1-8(2)4-10(7-17)15-12-5-9(3)13(16(18)19)6-11(12)14/h5-6,8,10,15,17H,4,7H2,1-3H3. The summed E-state index contributed by atoms with van der Waals surface area (Å²) in [5.41, 5.74) is 1.45. The number of nitrogens with one attached hydrogen (secondary N) is 1. The van der Waals surface area contributed by atoms with Gasteiger partial charge in [-0.1, -0.05) is 13.8 Å². The summed E-state index contributed by atoms with van der Waals surface area (Å²) in [5.74, 6) is 0.461. The fraction of sp³-hybridized carbons (Fsp3) is 0.538. The van der Waals surface area contributed by atoms with Gasteiger partial charge in [-0.15, -0.1) is 0 Å². The van der Waals surface area contributed by atoms with Crippen LogP contribution in [0.25, 0.3) is 0 Å². The monoisotopic (exact) mass is 330 g/mol. The van der Waals surface area contributed by atoms with Gasteiger partial charge in [0.15, 0.2) is 0 Å². The molecule has 19 heavy (non-hydrogen) atoms. The molecule has 6 heteroatoms. The number of anilines is 1. The highest BCUT2D eigenvalue weighted by Gasteiger charge is 2.16. The van der Waals surface area contributed by atoms with Crippen molar-refractivity contribution in [2.24, 2.45) is 5.92 Å². The lowest BCUT2D eigenvalue weighted by Crippen LogP contribution is -2.25. The molecule has 0 fully saturated rings. The molecule has 2 N–H and O–H groups in total. The summed E-state index contributed by atoms with van der Waals surface area (Å²) in [4.78, 5) is 10.4. The van der Waals surface area contributed by atoms with Gasteiger partial charge >= 0.3 is 0 Å². The molecule has 0 bridgehead atoms. The molecule has 0 radical (unpaired) electrons. The summed E-state index contributed by atoms with van der Waals surface area (Å²) in [7, 11) is 0. The Morgan fingerprint density at radius 3 is 2.58 bits per heavy atom. The molecule has 1 unspecified atom stereocenters. The Morgan fingerprint density at radius 1 is 1.47 bits per heavy atom. The number of hydrogen-bond acceptors (Lipinski definition) is 4. The third-order valence-electron chi connectivity index (χ3n) is 2.82. The summed E-state index contributed by atoms with van der Waals surface area (Å²) >= 11 is 3.32. The summed E-state index contributed by atoms with van der Waals surface area (Å²) in [6.45, 7) is 5.90. The normalized spacial score (nSPS) is 12.5. The average Bonchev–Trinajstić information content (AvgIpc) is 2.31. The van der Waals surface area contributed by atoms with E-state index in [4.69, 9.17) is 0 Å². The van der Waals surface area contributed by atoms with Gasteiger partial charge in [0.1, 0.15) is 0 Å². The molecule has 0 saturated heterocycles. The van der Waals surface area contributed by atoms with Crippen LogP contribution in [0.1, 0.15) is 25.8 Å². The number of nitrogens with zero attached hydrogens (tertiary/aromatic N) is 1. The van der Waals surface area contributed by atoms with E-state index in [2.05, 4.69) is 35.1 Å². The summed E-state index contributed by atoms with van der Waals surface area (Å²) in [5, 5.41) is 23.4. The fourth-order valence-corrected chi connectivity index (χ4v) is 2.39. The van der Waals surface area contributed by atoms with E-state index in [0.29, 0.717) is 16.0 Å². The first-order valence-electron chi connectivity index (χ1n) is 6.17. The first-order chi connectivity index (χ1) is 8.85. The largest absolute Gasteiger partial charge is 0.394 e. The van der Waals surface area contributed by atoms with Crippen LogP contribution < -0.4 is 5.32 Å². The highest BCUT2D eigenvalue weighted by molar-refractivity contribution is 9.10. The maximum absolute atomic E-state index is 10.8. The third kappa shape index (κ3) is 4.47. The minimum Gasteiger partial charge on any atom is -0.394 e. The van der Waals surface area contributed by atoms with Crippen molar-refractivity contribution in [2.45, 2.75) is 33.2 Å². The average molecular weight is 331 g/mol. The van der Waals surface area contributed by atoms with E-state index in [1.54, 1.807) is 13.0 Å². The molecule has 1 aromatic rings. The van der Waals surface area contributed by atoms with Crippen molar-refractivity contribution < 1.29 is 10.0 Å². The minimum absolute atomic E-state index is 0.0284. The molecule has 0 spiro atoms. The lowest BCUT2D eigenvalue weighted by molar-refractivity contribution is -0.385. The van der Waals surface area contributed by atoms with E-state index in [-0.39, 0.29) is 18.3 Å². The first-order valence-corrected chi connectivity index (χ1v) is 6.96. The molecule has 1 aromatic carbocycles. The summed E-state index contributed by atoms with van der Waals surface area (Å²) < 4.78 is 0.631. The van der Waals surface area contributed by atoms with E-state index in [1.165, 1.54) is 6.07 Å². The van der Waals surface area contributed by atoms with Gasteiger partial charge in [0.05, 0.1) is 11.5 Å². The molecule has 5 nitrogen and oxygen atoms in total. The second kappa shape index (κ2) is 6.86. The van der Waals surface area contributed by atoms with Crippen molar-refractivity contribution in [3.63, 3.8) is 0 Å². The number of nitro benzene ring substituents is 1. The van der Waals surface area contributed by atoms with Crippen LogP contribution >= 0.6 is 15.9 Å². The zero-order valence-corrected chi connectivity index (χ0v) is 12.9. The second-order valence-corrected chi connectivity index (χ2v) is 5.88. The number of halogens is 1. The second-order valence-electron chi connectivity index (χ2n) is 5.03. The van der Waals surface area contributed by atoms with Crippen LogP contribution in [-0.4, -0.2) is 22.7 Å². The van der Waals surface area contributed by atoms with Crippen molar-refractivity contribution in [3.05, 3.63) is 32.3 Å². The first kappa shape index (κ1) is 15.9. The number of aliphatic hydroxyl groups excluding tert-OH is 1. The molecule has 0 aliphatic heterocycles. The molecule has 1 rings (SSSR count). The van der Waals surface area contributed by atoms with E-state index in [9.17, 15) is 15.2 Å². The smallest absolute Gasteiger partial charge is 0.273 e. The lowest BCUT2D eigenvalue weighted by Gasteiger charge is -2.20. The van der Waals surface area contributed by atoms with Gasteiger partial charge in [0, 0.05) is 27.8 Å². The molecule has 1 atom stereocenters. The Balaban J connectivity index is 2.95. The van der Waals surface area contributed by atoms with Gasteiger partial charge in [0.25, 0.3) is 5.69 Å². The quantitative estimate of drug-likeness (QED) is 0.618. The molecule has 0 aromatic heterocycles. The van der Waals surface area contributed by atoms with Crippen LogP contribution in [-0.2, 0) is 0 Å². The maximum atomic E-state index is 10.8. The van der Waals surface area contributed by atoms with Crippen molar-refractivity contribution in [1.82, 2.24) is 0 Å². The topological polar surface area (TPSA) is 75.4 Å². The number of aliphatic hydroxyl groups is 1. The molecule has 106 valence electrons. The number of benzene rings is 1. The van der Waals surface area contributed by atoms with Gasteiger partial charge in [-0.3, -0.25) is 10.1 Å². The van der Waals surface area contributed by atoms with E-state index >= 15 is 0 Å². The van der Waals surface area contributed by atoms with Crippen molar-refractivity contribution >= 4 is 27.3 Å². The molecule has 0 aliphatic rings. The van der Waals surface area contributed by atoms with Crippen LogP contribution in [0.2, 0.25) is 0 Å². The van der Waals surface area contributed by atoms with E-state index in [1.807, 2.05) is 0 Å². The Bertz CT molecular complexity index is 463. The zero-order chi connectivity index (χ0) is 14.6. The zero-order valence-electron chi connectivity index (χ0n) is 11.3. The molecule has 0 aliphatic carbocycles. The van der Waals surface area contributed by atoms with Crippen molar-refractivity contribution in [3.8, 4) is 0 Å². The summed E-state index contributed by atoms with van der Waals surface area (Å²) in [6, 6.07) is 3.16. The van der Waals surface area contributed by atoms with Crippen LogP contribution in [0, 0.1) is 23.0 Å².